The summed E-state index contributed by atoms with van der Waals surface area (Å²) in [5.74, 6) is -0.0593. The first-order chi connectivity index (χ1) is 6.16. The van der Waals surface area contributed by atoms with E-state index < -0.39 is 10.4 Å². The van der Waals surface area contributed by atoms with E-state index in [1.807, 2.05) is 6.92 Å². The third-order valence-electron chi connectivity index (χ3n) is 0.775. The molecule has 0 aromatic carbocycles. The van der Waals surface area contributed by atoms with Gasteiger partial charge >= 0.3 is 10.4 Å². The van der Waals surface area contributed by atoms with Crippen LogP contribution in [0, 0.1) is 5.41 Å². The SMILES string of the molecule is CCOC(C)NC(=N)N.O=S(=O)(O)O. The van der Waals surface area contributed by atoms with Crippen LogP contribution in [0.3, 0.4) is 0 Å². The molecule has 0 aliphatic rings. The minimum atomic E-state index is -4.67. The van der Waals surface area contributed by atoms with E-state index in [2.05, 4.69) is 5.32 Å². The zero-order chi connectivity index (χ0) is 11.8. The van der Waals surface area contributed by atoms with Crippen LogP contribution in [0.15, 0.2) is 0 Å². The fourth-order valence-corrected chi connectivity index (χ4v) is 0.511. The summed E-state index contributed by atoms with van der Waals surface area (Å²) in [5.41, 5.74) is 5.02. The van der Waals surface area contributed by atoms with Crippen LogP contribution in [0.1, 0.15) is 13.8 Å². The van der Waals surface area contributed by atoms with Crippen molar-refractivity contribution < 1.29 is 22.3 Å². The Labute approximate surface area is 82.5 Å². The Bertz CT molecular complexity index is 244. The van der Waals surface area contributed by atoms with Gasteiger partial charge in [0.15, 0.2) is 5.96 Å². The lowest BCUT2D eigenvalue weighted by Crippen LogP contribution is -2.38. The Kier molecular flexibility index (Phi) is 8.34. The molecule has 0 aromatic heterocycles. The van der Waals surface area contributed by atoms with Gasteiger partial charge in [-0.1, -0.05) is 0 Å². The lowest BCUT2D eigenvalue weighted by atomic mass is 10.6. The standard InChI is InChI=1S/C5H13N3O.H2O4S/c1-3-9-4(2)8-5(6)7;1-5(2,3)4/h4H,3H2,1-2H3,(H4,6,7,8);(H2,1,2,3,4). The van der Waals surface area contributed by atoms with Gasteiger partial charge in [0.2, 0.25) is 0 Å². The molecule has 14 heavy (non-hydrogen) atoms. The maximum absolute atomic E-state index is 8.74. The molecule has 0 amide bonds. The highest BCUT2D eigenvalue weighted by Gasteiger charge is 1.97. The fraction of sp³-hybridized carbons (Fsp3) is 0.800. The molecule has 9 heteroatoms. The summed E-state index contributed by atoms with van der Waals surface area (Å²) in [7, 11) is -4.67. The average Bonchev–Trinajstić information content (AvgIpc) is 1.80. The van der Waals surface area contributed by atoms with Crippen LogP contribution in [-0.4, -0.2) is 36.3 Å². The first-order valence-electron chi connectivity index (χ1n) is 3.58. The Morgan fingerprint density at radius 3 is 2.21 bits per heavy atom. The van der Waals surface area contributed by atoms with E-state index >= 15 is 0 Å². The molecule has 0 spiro atoms. The topological polar surface area (TPSA) is 146 Å². The molecule has 0 bridgehead atoms. The Morgan fingerprint density at radius 2 is 2.00 bits per heavy atom. The average molecular weight is 229 g/mol. The molecule has 0 heterocycles. The number of hydrogen-bond donors (Lipinski definition) is 5. The van der Waals surface area contributed by atoms with E-state index in [1.165, 1.54) is 0 Å². The van der Waals surface area contributed by atoms with Gasteiger partial charge in [-0.15, -0.1) is 0 Å². The zero-order valence-corrected chi connectivity index (χ0v) is 8.71. The summed E-state index contributed by atoms with van der Waals surface area (Å²) in [5, 5.41) is 9.37. The van der Waals surface area contributed by atoms with Gasteiger partial charge < -0.3 is 15.8 Å². The van der Waals surface area contributed by atoms with Crippen molar-refractivity contribution in [2.24, 2.45) is 5.73 Å². The number of nitrogens with two attached hydrogens (primary N) is 1. The number of ether oxygens (including phenoxy) is 1. The molecule has 0 saturated heterocycles. The van der Waals surface area contributed by atoms with E-state index in [4.69, 9.17) is 33.4 Å². The van der Waals surface area contributed by atoms with Gasteiger partial charge in [0.25, 0.3) is 0 Å². The van der Waals surface area contributed by atoms with Crippen molar-refractivity contribution in [1.82, 2.24) is 5.32 Å². The second-order valence-corrected chi connectivity index (χ2v) is 3.00. The van der Waals surface area contributed by atoms with Crippen LogP contribution < -0.4 is 11.1 Å². The first-order valence-corrected chi connectivity index (χ1v) is 4.98. The largest absolute Gasteiger partial charge is 0.394 e. The molecule has 8 nitrogen and oxygen atoms in total. The van der Waals surface area contributed by atoms with Crippen LogP contribution in [-0.2, 0) is 15.1 Å². The Balaban J connectivity index is 0. The maximum Gasteiger partial charge on any atom is 0.394 e. The molecule has 86 valence electrons. The van der Waals surface area contributed by atoms with Crippen molar-refractivity contribution in [3.05, 3.63) is 0 Å². The van der Waals surface area contributed by atoms with Crippen molar-refractivity contribution in [3.8, 4) is 0 Å². The number of nitrogens with one attached hydrogen (secondary N) is 2. The van der Waals surface area contributed by atoms with Gasteiger partial charge in [-0.05, 0) is 13.8 Å². The van der Waals surface area contributed by atoms with Gasteiger partial charge in [0.05, 0.1) is 0 Å². The molecule has 1 atom stereocenters. The van der Waals surface area contributed by atoms with E-state index in [9.17, 15) is 0 Å². The highest BCUT2D eigenvalue weighted by molar-refractivity contribution is 7.79. The van der Waals surface area contributed by atoms with Crippen LogP contribution in [0.2, 0.25) is 0 Å². The summed E-state index contributed by atoms with van der Waals surface area (Å²) in [6, 6.07) is 0. The molecule has 6 N–H and O–H groups in total. The van der Waals surface area contributed by atoms with Crippen molar-refractivity contribution in [1.29, 1.82) is 5.41 Å². The van der Waals surface area contributed by atoms with E-state index in [0.717, 1.165) is 0 Å². The highest BCUT2D eigenvalue weighted by atomic mass is 32.3. The molecule has 0 fully saturated rings. The summed E-state index contributed by atoms with van der Waals surface area (Å²) in [6.45, 7) is 4.31. The minimum absolute atomic E-state index is 0.0593. The van der Waals surface area contributed by atoms with E-state index in [1.54, 1.807) is 6.92 Å². The molecule has 1 unspecified atom stereocenters. The molecule has 0 radical (unpaired) electrons. The molecular formula is C5H15N3O5S. The summed E-state index contributed by atoms with van der Waals surface area (Å²) in [4.78, 5) is 0. The highest BCUT2D eigenvalue weighted by Crippen LogP contribution is 1.81. The first kappa shape index (κ1) is 15.6. The van der Waals surface area contributed by atoms with Crippen LogP contribution in [0.5, 0.6) is 0 Å². The number of guanidine groups is 1. The van der Waals surface area contributed by atoms with E-state index in [-0.39, 0.29) is 12.2 Å². The predicted molar refractivity (Wildman–Crippen MR) is 50.3 cm³/mol. The zero-order valence-electron chi connectivity index (χ0n) is 7.89. The van der Waals surface area contributed by atoms with Crippen molar-refractivity contribution in [3.63, 3.8) is 0 Å². The summed E-state index contributed by atoms with van der Waals surface area (Å²) < 4.78 is 36.6. The van der Waals surface area contributed by atoms with Crippen molar-refractivity contribution in [2.45, 2.75) is 20.1 Å². The van der Waals surface area contributed by atoms with Crippen LogP contribution in [0.25, 0.3) is 0 Å². The van der Waals surface area contributed by atoms with Crippen LogP contribution >= 0.6 is 0 Å². The third-order valence-corrected chi connectivity index (χ3v) is 0.775. The molecule has 0 rings (SSSR count). The van der Waals surface area contributed by atoms with Gasteiger partial charge in [-0.2, -0.15) is 8.42 Å². The van der Waals surface area contributed by atoms with Crippen molar-refractivity contribution >= 4 is 16.4 Å². The summed E-state index contributed by atoms with van der Waals surface area (Å²) >= 11 is 0. The second kappa shape index (κ2) is 7.50. The lowest BCUT2D eigenvalue weighted by molar-refractivity contribution is 0.0659. The van der Waals surface area contributed by atoms with Gasteiger partial charge in [-0.25, -0.2) is 0 Å². The molecule has 0 saturated carbocycles. The quantitative estimate of drug-likeness (QED) is 0.184. The van der Waals surface area contributed by atoms with Gasteiger partial charge in [0.1, 0.15) is 6.23 Å². The Hall–Kier alpha value is -0.900. The smallest absolute Gasteiger partial charge is 0.370 e. The predicted octanol–water partition coefficient (Wildman–Crippen LogP) is -0.801. The van der Waals surface area contributed by atoms with Crippen molar-refractivity contribution in [2.75, 3.05) is 6.61 Å². The van der Waals surface area contributed by atoms with E-state index in [0.29, 0.717) is 6.61 Å². The van der Waals surface area contributed by atoms with Crippen LogP contribution in [0.4, 0.5) is 0 Å². The summed E-state index contributed by atoms with van der Waals surface area (Å²) in [6.07, 6.45) is -0.160. The molecule has 0 aliphatic heterocycles. The number of rotatable bonds is 3. The Morgan fingerprint density at radius 1 is 1.64 bits per heavy atom. The molecular weight excluding hydrogens is 214 g/mol. The molecule has 0 aromatic rings. The van der Waals surface area contributed by atoms with Gasteiger partial charge in [-0.3, -0.25) is 14.5 Å². The lowest BCUT2D eigenvalue weighted by Gasteiger charge is -2.12. The number of hydrogen-bond acceptors (Lipinski definition) is 4. The fourth-order valence-electron chi connectivity index (χ4n) is 0.511. The second-order valence-electron chi connectivity index (χ2n) is 2.10. The molecule has 0 aliphatic carbocycles. The minimum Gasteiger partial charge on any atom is -0.370 e. The monoisotopic (exact) mass is 229 g/mol. The third kappa shape index (κ3) is 30.4. The maximum atomic E-state index is 8.74. The normalized spacial score (nSPS) is 12.3. The van der Waals surface area contributed by atoms with Gasteiger partial charge in [0, 0.05) is 6.61 Å².